The summed E-state index contributed by atoms with van der Waals surface area (Å²) in [5.41, 5.74) is 6.47. The molecular weight excluding hydrogens is 235 g/mol. The predicted octanol–water partition coefficient (Wildman–Crippen LogP) is 0.968. The van der Waals surface area contributed by atoms with Crippen molar-refractivity contribution in [2.75, 3.05) is 6.54 Å². The number of carbonyl (C=O) groups is 2. The molecule has 0 aromatic heterocycles. The molecule has 1 unspecified atom stereocenters. The first kappa shape index (κ1) is 12.5. The van der Waals surface area contributed by atoms with E-state index in [0.717, 1.165) is 5.56 Å². The molecule has 18 heavy (non-hydrogen) atoms. The molecule has 0 saturated carbocycles. The van der Waals surface area contributed by atoms with E-state index in [0.29, 0.717) is 18.7 Å². The van der Waals surface area contributed by atoms with Gasteiger partial charge >= 0.3 is 0 Å². The lowest BCUT2D eigenvalue weighted by Crippen LogP contribution is -2.28. The van der Waals surface area contributed by atoms with Crippen LogP contribution in [0.5, 0.6) is 0 Å². The van der Waals surface area contributed by atoms with Gasteiger partial charge in [0.1, 0.15) is 5.82 Å². The fourth-order valence-corrected chi connectivity index (χ4v) is 2.07. The van der Waals surface area contributed by atoms with Gasteiger partial charge in [-0.05, 0) is 24.1 Å². The van der Waals surface area contributed by atoms with Crippen molar-refractivity contribution in [3.63, 3.8) is 0 Å². The van der Waals surface area contributed by atoms with Gasteiger partial charge in [-0.15, -0.1) is 0 Å². The third kappa shape index (κ3) is 2.50. The van der Waals surface area contributed by atoms with Crippen LogP contribution in [0.1, 0.15) is 17.5 Å². The molecule has 1 aliphatic heterocycles. The lowest BCUT2D eigenvalue weighted by atomic mass is 10.1. The molecule has 0 bridgehead atoms. The quantitative estimate of drug-likeness (QED) is 0.868. The number of nitrogens with two attached hydrogens (primary N) is 1. The number of halogens is 1. The third-order valence-electron chi connectivity index (χ3n) is 3.23. The molecule has 4 nitrogen and oxygen atoms in total. The first-order valence-electron chi connectivity index (χ1n) is 5.79. The van der Waals surface area contributed by atoms with Crippen molar-refractivity contribution in [1.82, 2.24) is 4.90 Å². The zero-order valence-corrected chi connectivity index (χ0v) is 10.1. The Morgan fingerprint density at radius 1 is 1.56 bits per heavy atom. The summed E-state index contributed by atoms with van der Waals surface area (Å²) in [7, 11) is 0. The summed E-state index contributed by atoms with van der Waals surface area (Å²) in [4.78, 5) is 24.2. The minimum atomic E-state index is -0.457. The number of nitrogens with zero attached hydrogens (tertiary/aromatic N) is 1. The van der Waals surface area contributed by atoms with E-state index < -0.39 is 11.8 Å². The average Bonchev–Trinajstić information content (AvgIpc) is 2.66. The van der Waals surface area contributed by atoms with Gasteiger partial charge in [0, 0.05) is 19.5 Å². The van der Waals surface area contributed by atoms with E-state index in [-0.39, 0.29) is 18.1 Å². The molecule has 1 heterocycles. The minimum absolute atomic E-state index is 0.111. The van der Waals surface area contributed by atoms with Crippen molar-refractivity contribution in [2.24, 2.45) is 11.7 Å². The predicted molar refractivity (Wildman–Crippen MR) is 63.9 cm³/mol. The first-order chi connectivity index (χ1) is 8.47. The number of likely N-dealkylation sites (tertiary alicyclic amines) is 1. The van der Waals surface area contributed by atoms with Crippen LogP contribution in [-0.4, -0.2) is 23.3 Å². The third-order valence-corrected chi connectivity index (χ3v) is 3.23. The molecule has 1 atom stereocenters. The molecule has 0 spiro atoms. The summed E-state index contributed by atoms with van der Waals surface area (Å²) in [5, 5.41) is 0. The average molecular weight is 250 g/mol. The molecule has 1 saturated heterocycles. The number of hydrogen-bond acceptors (Lipinski definition) is 2. The summed E-state index contributed by atoms with van der Waals surface area (Å²) in [6.07, 6.45) is 0.156. The number of hydrogen-bond donors (Lipinski definition) is 1. The van der Waals surface area contributed by atoms with Crippen LogP contribution >= 0.6 is 0 Å². The zero-order chi connectivity index (χ0) is 13.3. The second-order valence-electron chi connectivity index (χ2n) is 4.66. The summed E-state index contributed by atoms with van der Waals surface area (Å²) in [6, 6.07) is 4.88. The molecule has 2 amide bonds. The lowest BCUT2D eigenvalue weighted by molar-refractivity contribution is -0.128. The Hall–Kier alpha value is -1.91. The van der Waals surface area contributed by atoms with Crippen molar-refractivity contribution >= 4 is 11.8 Å². The highest BCUT2D eigenvalue weighted by Gasteiger charge is 2.32. The van der Waals surface area contributed by atoms with Crippen molar-refractivity contribution in [3.8, 4) is 0 Å². The Labute approximate surface area is 105 Å². The van der Waals surface area contributed by atoms with Crippen LogP contribution in [0, 0.1) is 18.7 Å². The monoisotopic (exact) mass is 250 g/mol. The largest absolute Gasteiger partial charge is 0.369 e. The Morgan fingerprint density at radius 2 is 2.28 bits per heavy atom. The fourth-order valence-electron chi connectivity index (χ4n) is 2.07. The molecule has 2 N–H and O–H groups in total. The maximum absolute atomic E-state index is 13.4. The van der Waals surface area contributed by atoms with Crippen molar-refractivity contribution < 1.29 is 14.0 Å². The SMILES string of the molecule is Cc1ccc(CN2CC(C(N)=O)CC2=O)cc1F. The van der Waals surface area contributed by atoms with Crippen LogP contribution in [0.4, 0.5) is 4.39 Å². The Balaban J connectivity index is 2.08. The standard InChI is InChI=1S/C13H15FN2O2/c1-8-2-3-9(4-11(8)14)6-16-7-10(13(15)18)5-12(16)17/h2-4,10H,5-7H2,1H3,(H2,15,18). The summed E-state index contributed by atoms with van der Waals surface area (Å²) in [5.74, 6) is -1.28. The summed E-state index contributed by atoms with van der Waals surface area (Å²) >= 11 is 0. The molecule has 96 valence electrons. The molecule has 0 radical (unpaired) electrons. The number of primary amides is 1. The van der Waals surface area contributed by atoms with Crippen LogP contribution in [0.15, 0.2) is 18.2 Å². The zero-order valence-electron chi connectivity index (χ0n) is 10.1. The normalized spacial score (nSPS) is 19.3. The molecule has 5 heteroatoms. The number of aryl methyl sites for hydroxylation is 1. The summed E-state index contributed by atoms with van der Waals surface area (Å²) < 4.78 is 13.4. The smallest absolute Gasteiger partial charge is 0.223 e. The van der Waals surface area contributed by atoms with E-state index >= 15 is 0 Å². The number of benzene rings is 1. The maximum atomic E-state index is 13.4. The van der Waals surface area contributed by atoms with Crippen molar-refractivity contribution in [1.29, 1.82) is 0 Å². The number of amides is 2. The van der Waals surface area contributed by atoms with Crippen LogP contribution < -0.4 is 5.73 Å². The second-order valence-corrected chi connectivity index (χ2v) is 4.66. The minimum Gasteiger partial charge on any atom is -0.369 e. The topological polar surface area (TPSA) is 63.4 Å². The van der Waals surface area contributed by atoms with Gasteiger partial charge in [0.05, 0.1) is 5.92 Å². The number of rotatable bonds is 3. The highest BCUT2D eigenvalue weighted by Crippen LogP contribution is 2.20. The van der Waals surface area contributed by atoms with E-state index in [4.69, 9.17) is 5.73 Å². The van der Waals surface area contributed by atoms with E-state index in [9.17, 15) is 14.0 Å². The van der Waals surface area contributed by atoms with E-state index in [2.05, 4.69) is 0 Å². The van der Waals surface area contributed by atoms with Crippen LogP contribution in [0.2, 0.25) is 0 Å². The van der Waals surface area contributed by atoms with Gasteiger partial charge in [-0.25, -0.2) is 4.39 Å². The lowest BCUT2D eigenvalue weighted by Gasteiger charge is -2.16. The van der Waals surface area contributed by atoms with Crippen LogP contribution in [0.25, 0.3) is 0 Å². The summed E-state index contributed by atoms with van der Waals surface area (Å²) in [6.45, 7) is 2.33. The molecule has 2 rings (SSSR count). The molecule has 0 aliphatic carbocycles. The van der Waals surface area contributed by atoms with Gasteiger partial charge in [0.25, 0.3) is 0 Å². The van der Waals surface area contributed by atoms with Gasteiger partial charge in [-0.2, -0.15) is 0 Å². The van der Waals surface area contributed by atoms with Gasteiger partial charge in [-0.1, -0.05) is 12.1 Å². The van der Waals surface area contributed by atoms with Gasteiger partial charge in [0.2, 0.25) is 11.8 Å². The van der Waals surface area contributed by atoms with E-state index in [1.54, 1.807) is 24.0 Å². The van der Waals surface area contributed by atoms with Gasteiger partial charge in [0.15, 0.2) is 0 Å². The van der Waals surface area contributed by atoms with E-state index in [1.807, 2.05) is 0 Å². The first-order valence-corrected chi connectivity index (χ1v) is 5.79. The molecule has 1 fully saturated rings. The Kier molecular flexibility index (Phi) is 3.32. The van der Waals surface area contributed by atoms with E-state index in [1.165, 1.54) is 6.07 Å². The maximum Gasteiger partial charge on any atom is 0.223 e. The van der Waals surface area contributed by atoms with Crippen LogP contribution in [-0.2, 0) is 16.1 Å². The molecular formula is C13H15FN2O2. The van der Waals surface area contributed by atoms with Gasteiger partial charge in [-0.3, -0.25) is 9.59 Å². The fraction of sp³-hybridized carbons (Fsp3) is 0.385. The Bertz CT molecular complexity index is 502. The number of carbonyl (C=O) groups excluding carboxylic acids is 2. The highest BCUT2D eigenvalue weighted by atomic mass is 19.1. The van der Waals surface area contributed by atoms with Crippen molar-refractivity contribution in [2.45, 2.75) is 19.9 Å². The molecule has 1 aliphatic rings. The van der Waals surface area contributed by atoms with Crippen LogP contribution in [0.3, 0.4) is 0 Å². The molecule has 1 aromatic carbocycles. The highest BCUT2D eigenvalue weighted by molar-refractivity contribution is 5.88. The molecule has 1 aromatic rings. The Morgan fingerprint density at radius 3 is 2.83 bits per heavy atom. The van der Waals surface area contributed by atoms with Gasteiger partial charge < -0.3 is 10.6 Å². The van der Waals surface area contributed by atoms with Crippen molar-refractivity contribution in [3.05, 3.63) is 35.1 Å². The second kappa shape index (κ2) is 4.76.